The van der Waals surface area contributed by atoms with E-state index in [1.807, 2.05) is 36.0 Å². The van der Waals surface area contributed by atoms with Gasteiger partial charge in [-0.1, -0.05) is 36.7 Å². The van der Waals surface area contributed by atoms with Crippen molar-refractivity contribution < 1.29 is 19.4 Å². The van der Waals surface area contributed by atoms with E-state index in [4.69, 9.17) is 21.4 Å². The van der Waals surface area contributed by atoms with E-state index in [0.717, 1.165) is 36.3 Å². The van der Waals surface area contributed by atoms with Gasteiger partial charge in [0.25, 0.3) is 0 Å². The predicted octanol–water partition coefficient (Wildman–Crippen LogP) is 7.21. The SMILES string of the molecule is C/C=C(/CCCCCOc1ccc(CCC(=O)Nc2ccc(Cl)c(C(=O)O)c2)cc1)SCC. The lowest BCUT2D eigenvalue weighted by Crippen LogP contribution is -2.13. The van der Waals surface area contributed by atoms with Crippen molar-refractivity contribution in [3.8, 4) is 5.75 Å². The first-order valence-corrected chi connectivity index (χ1v) is 12.6. The van der Waals surface area contributed by atoms with Gasteiger partial charge >= 0.3 is 5.97 Å². The summed E-state index contributed by atoms with van der Waals surface area (Å²) >= 11 is 7.78. The molecule has 0 radical (unpaired) electrons. The predicted molar refractivity (Wildman–Crippen MR) is 138 cm³/mol. The van der Waals surface area contributed by atoms with Crippen molar-refractivity contribution in [1.82, 2.24) is 0 Å². The van der Waals surface area contributed by atoms with Crippen LogP contribution < -0.4 is 10.1 Å². The maximum atomic E-state index is 12.2. The van der Waals surface area contributed by atoms with Gasteiger partial charge in [0, 0.05) is 12.1 Å². The highest BCUT2D eigenvalue weighted by Crippen LogP contribution is 2.22. The van der Waals surface area contributed by atoms with E-state index in [0.29, 0.717) is 18.7 Å². The van der Waals surface area contributed by atoms with Gasteiger partial charge < -0.3 is 15.2 Å². The van der Waals surface area contributed by atoms with E-state index in [-0.39, 0.29) is 22.9 Å². The molecule has 2 rings (SSSR count). The second-order valence-corrected chi connectivity index (χ2v) is 9.34. The first-order chi connectivity index (χ1) is 15.9. The van der Waals surface area contributed by atoms with Crippen LogP contribution in [0.25, 0.3) is 0 Å². The molecule has 0 aliphatic carbocycles. The van der Waals surface area contributed by atoms with Gasteiger partial charge in [-0.2, -0.15) is 0 Å². The molecule has 0 aliphatic rings. The number of halogens is 1. The van der Waals surface area contributed by atoms with Crippen LogP contribution >= 0.6 is 23.4 Å². The number of amides is 1. The van der Waals surface area contributed by atoms with Crippen LogP contribution in [0.5, 0.6) is 5.75 Å². The number of thioether (sulfide) groups is 1. The number of carbonyl (C=O) groups is 2. The van der Waals surface area contributed by atoms with Crippen molar-refractivity contribution in [2.45, 2.75) is 52.4 Å². The Bertz CT molecular complexity index is 944. The summed E-state index contributed by atoms with van der Waals surface area (Å²) in [5.74, 6) is 0.639. The first kappa shape index (κ1) is 26.8. The molecular formula is C26H32ClNO4S. The molecule has 0 bridgehead atoms. The summed E-state index contributed by atoms with van der Waals surface area (Å²) in [6, 6.07) is 12.2. The third kappa shape index (κ3) is 9.93. The quantitative estimate of drug-likeness (QED) is 0.274. The standard InChI is InChI=1S/C26H32ClNO4S/c1-3-22(33-4-2)8-6-5-7-17-32-21-13-9-19(10-14-21)11-16-25(29)28-20-12-15-24(27)23(18-20)26(30)31/h3,9-10,12-15,18H,4-8,11,16-17H2,1-2H3,(H,28,29)(H,30,31)/b22-3-. The molecule has 2 N–H and O–H groups in total. The molecule has 0 saturated carbocycles. The van der Waals surface area contributed by atoms with E-state index >= 15 is 0 Å². The van der Waals surface area contributed by atoms with E-state index in [9.17, 15) is 9.59 Å². The molecule has 5 nitrogen and oxygen atoms in total. The summed E-state index contributed by atoms with van der Waals surface area (Å²) < 4.78 is 5.83. The van der Waals surface area contributed by atoms with E-state index in [1.54, 1.807) is 6.07 Å². The highest BCUT2D eigenvalue weighted by molar-refractivity contribution is 8.03. The minimum absolute atomic E-state index is 0.0388. The molecule has 0 unspecified atom stereocenters. The number of rotatable bonds is 14. The molecule has 0 fully saturated rings. The summed E-state index contributed by atoms with van der Waals surface area (Å²) in [6.45, 7) is 4.99. The average Bonchev–Trinajstić information content (AvgIpc) is 2.81. The van der Waals surface area contributed by atoms with Crippen LogP contribution in [-0.4, -0.2) is 29.3 Å². The molecule has 33 heavy (non-hydrogen) atoms. The summed E-state index contributed by atoms with van der Waals surface area (Å²) in [5.41, 5.74) is 1.41. The van der Waals surface area contributed by atoms with Gasteiger partial charge in [-0.3, -0.25) is 4.79 Å². The lowest BCUT2D eigenvalue weighted by molar-refractivity contribution is -0.116. The Morgan fingerprint density at radius 3 is 2.52 bits per heavy atom. The van der Waals surface area contributed by atoms with Crippen LogP contribution in [0.1, 0.15) is 61.9 Å². The molecule has 2 aromatic carbocycles. The Kier molecular flexibility index (Phi) is 11.9. The monoisotopic (exact) mass is 489 g/mol. The minimum atomic E-state index is -1.13. The first-order valence-electron chi connectivity index (χ1n) is 11.2. The normalized spacial score (nSPS) is 11.3. The van der Waals surface area contributed by atoms with Crippen molar-refractivity contribution in [2.75, 3.05) is 17.7 Å². The Labute approximate surface area is 205 Å². The van der Waals surface area contributed by atoms with Gasteiger partial charge in [-0.05, 0) is 85.6 Å². The summed E-state index contributed by atoms with van der Waals surface area (Å²) in [5, 5.41) is 12.0. The van der Waals surface area contributed by atoms with Crippen molar-refractivity contribution >= 4 is 40.9 Å². The van der Waals surface area contributed by atoms with Crippen LogP contribution in [0.3, 0.4) is 0 Å². The van der Waals surface area contributed by atoms with E-state index in [2.05, 4.69) is 25.2 Å². The molecule has 7 heteroatoms. The van der Waals surface area contributed by atoms with Gasteiger partial charge in [-0.15, -0.1) is 11.8 Å². The highest BCUT2D eigenvalue weighted by Gasteiger charge is 2.11. The van der Waals surface area contributed by atoms with E-state index < -0.39 is 5.97 Å². The molecule has 2 aromatic rings. The number of unbranched alkanes of at least 4 members (excludes halogenated alkanes) is 2. The number of aryl methyl sites for hydroxylation is 1. The summed E-state index contributed by atoms with van der Waals surface area (Å²) in [6.07, 6.45) is 7.59. The van der Waals surface area contributed by atoms with E-state index in [1.165, 1.54) is 23.5 Å². The maximum Gasteiger partial charge on any atom is 0.337 e. The molecule has 178 valence electrons. The van der Waals surface area contributed by atoms with Crippen molar-refractivity contribution in [1.29, 1.82) is 0 Å². The zero-order valence-electron chi connectivity index (χ0n) is 19.2. The highest BCUT2D eigenvalue weighted by atomic mass is 35.5. The average molecular weight is 490 g/mol. The third-order valence-corrected chi connectivity index (χ3v) is 6.46. The van der Waals surface area contributed by atoms with Crippen molar-refractivity contribution in [2.24, 2.45) is 0 Å². The molecule has 0 atom stereocenters. The number of benzene rings is 2. The van der Waals surface area contributed by atoms with Crippen molar-refractivity contribution in [3.63, 3.8) is 0 Å². The largest absolute Gasteiger partial charge is 0.494 e. The molecular weight excluding hydrogens is 458 g/mol. The second-order valence-electron chi connectivity index (χ2n) is 7.54. The zero-order valence-corrected chi connectivity index (χ0v) is 20.8. The Morgan fingerprint density at radius 1 is 1.09 bits per heavy atom. The van der Waals surface area contributed by atoms with Gasteiger partial charge in [0.05, 0.1) is 17.2 Å². The van der Waals surface area contributed by atoms with Gasteiger partial charge in [0.2, 0.25) is 5.91 Å². The summed E-state index contributed by atoms with van der Waals surface area (Å²) in [7, 11) is 0. The maximum absolute atomic E-state index is 12.2. The Balaban J connectivity index is 1.68. The molecule has 0 saturated heterocycles. The smallest absolute Gasteiger partial charge is 0.337 e. The number of carboxylic acids is 1. The number of ether oxygens (including phenoxy) is 1. The van der Waals surface area contributed by atoms with Crippen molar-refractivity contribution in [3.05, 3.63) is 69.6 Å². The number of nitrogens with one attached hydrogen (secondary N) is 1. The number of carboxylic acid groups (broad SMARTS) is 1. The Hall–Kier alpha value is -2.44. The molecule has 0 heterocycles. The Morgan fingerprint density at radius 2 is 1.85 bits per heavy atom. The fourth-order valence-corrected chi connectivity index (χ4v) is 4.28. The lowest BCUT2D eigenvalue weighted by Gasteiger charge is -2.09. The fraction of sp³-hybridized carbons (Fsp3) is 0.385. The number of anilines is 1. The van der Waals surface area contributed by atoms with Crippen LogP contribution in [0.15, 0.2) is 53.4 Å². The number of aromatic carboxylic acids is 1. The number of allylic oxidation sites excluding steroid dienone is 2. The molecule has 0 aliphatic heterocycles. The van der Waals surface area contributed by atoms with Crippen LogP contribution in [0.2, 0.25) is 5.02 Å². The molecule has 0 spiro atoms. The van der Waals surface area contributed by atoms with Gasteiger partial charge in [-0.25, -0.2) is 4.79 Å². The third-order valence-electron chi connectivity index (χ3n) is 5.03. The van der Waals surface area contributed by atoms with Crippen LogP contribution in [0.4, 0.5) is 5.69 Å². The lowest BCUT2D eigenvalue weighted by atomic mass is 10.1. The topological polar surface area (TPSA) is 75.6 Å². The number of carbonyl (C=O) groups excluding carboxylic acids is 1. The van der Waals surface area contributed by atoms with Gasteiger partial charge in [0.1, 0.15) is 5.75 Å². The molecule has 0 aromatic heterocycles. The number of hydrogen-bond acceptors (Lipinski definition) is 4. The van der Waals surface area contributed by atoms with Gasteiger partial charge in [0.15, 0.2) is 0 Å². The fourth-order valence-electron chi connectivity index (χ4n) is 3.25. The zero-order chi connectivity index (χ0) is 24.1. The summed E-state index contributed by atoms with van der Waals surface area (Å²) in [4.78, 5) is 24.9. The van der Waals surface area contributed by atoms with Crippen LogP contribution in [-0.2, 0) is 11.2 Å². The number of hydrogen-bond donors (Lipinski definition) is 2. The van der Waals surface area contributed by atoms with Crippen LogP contribution in [0, 0.1) is 0 Å². The second kappa shape index (κ2) is 14.7. The minimum Gasteiger partial charge on any atom is -0.494 e. The molecule has 1 amide bonds.